The van der Waals surface area contributed by atoms with Crippen LogP contribution in [0.2, 0.25) is 5.02 Å². The summed E-state index contributed by atoms with van der Waals surface area (Å²) in [6.07, 6.45) is 0.346. The average molecular weight is 394 g/mol. The van der Waals surface area contributed by atoms with E-state index >= 15 is 0 Å². The fourth-order valence-electron chi connectivity index (χ4n) is 2.71. The highest BCUT2D eigenvalue weighted by Crippen LogP contribution is 2.12. The lowest BCUT2D eigenvalue weighted by Crippen LogP contribution is -2.43. The second-order valence-electron chi connectivity index (χ2n) is 6.32. The topological polar surface area (TPSA) is 55.4 Å². The maximum absolute atomic E-state index is 12.7. The highest BCUT2D eigenvalue weighted by molar-refractivity contribution is 6.30. The molecule has 0 aliphatic carbocycles. The third-order valence-electron chi connectivity index (χ3n) is 4.20. The number of hydrogen-bond acceptors (Lipinski definition) is 3. The molecule has 0 fully saturated rings. The van der Waals surface area contributed by atoms with E-state index < -0.39 is 12.0 Å². The largest absolute Gasteiger partial charge is 0.459 e. The van der Waals surface area contributed by atoms with Crippen molar-refractivity contribution in [3.05, 3.63) is 107 Å². The molecular weight excluding hydrogens is 374 g/mol. The van der Waals surface area contributed by atoms with Crippen LogP contribution in [0.15, 0.2) is 84.9 Å². The zero-order valence-corrected chi connectivity index (χ0v) is 15.9. The average Bonchev–Trinajstić information content (AvgIpc) is 2.74. The van der Waals surface area contributed by atoms with Gasteiger partial charge in [0.25, 0.3) is 5.91 Å². The molecule has 3 rings (SSSR count). The third-order valence-corrected chi connectivity index (χ3v) is 4.45. The second-order valence-corrected chi connectivity index (χ2v) is 6.75. The number of nitrogens with one attached hydrogen (secondary N) is 1. The number of carbonyl (C=O) groups is 2. The van der Waals surface area contributed by atoms with E-state index in [1.165, 1.54) is 0 Å². The Balaban J connectivity index is 1.70. The second kappa shape index (κ2) is 9.72. The van der Waals surface area contributed by atoms with Crippen LogP contribution in [0.3, 0.4) is 0 Å². The van der Waals surface area contributed by atoms with Crippen LogP contribution in [-0.4, -0.2) is 17.9 Å². The normalized spacial score (nSPS) is 11.5. The lowest BCUT2D eigenvalue weighted by Gasteiger charge is -2.18. The van der Waals surface area contributed by atoms with Gasteiger partial charge in [-0.2, -0.15) is 0 Å². The van der Waals surface area contributed by atoms with E-state index in [0.29, 0.717) is 17.0 Å². The third kappa shape index (κ3) is 5.69. The molecule has 0 saturated heterocycles. The van der Waals surface area contributed by atoms with Gasteiger partial charge >= 0.3 is 5.97 Å². The number of amides is 1. The predicted octanol–water partition coefficient (Wildman–Crippen LogP) is 4.42. The number of ether oxygens (including phenoxy) is 1. The molecule has 5 heteroatoms. The van der Waals surface area contributed by atoms with Crippen molar-refractivity contribution < 1.29 is 14.3 Å². The van der Waals surface area contributed by atoms with E-state index in [2.05, 4.69) is 5.32 Å². The van der Waals surface area contributed by atoms with Gasteiger partial charge in [0.2, 0.25) is 0 Å². The summed E-state index contributed by atoms with van der Waals surface area (Å²) in [5, 5.41) is 3.41. The molecular formula is C23H20ClNO3. The molecule has 0 aromatic heterocycles. The number of esters is 1. The molecule has 0 radical (unpaired) electrons. The van der Waals surface area contributed by atoms with Crippen LogP contribution in [0.5, 0.6) is 0 Å². The van der Waals surface area contributed by atoms with Crippen molar-refractivity contribution in [3.8, 4) is 0 Å². The summed E-state index contributed by atoms with van der Waals surface area (Å²) in [6, 6.07) is 24.6. The van der Waals surface area contributed by atoms with Crippen LogP contribution < -0.4 is 5.32 Å². The van der Waals surface area contributed by atoms with Crippen molar-refractivity contribution >= 4 is 23.5 Å². The van der Waals surface area contributed by atoms with E-state index in [1.807, 2.05) is 36.4 Å². The summed E-state index contributed by atoms with van der Waals surface area (Å²) < 4.78 is 5.44. The molecule has 3 aromatic carbocycles. The van der Waals surface area contributed by atoms with Crippen molar-refractivity contribution in [1.29, 1.82) is 0 Å². The smallest absolute Gasteiger partial charge is 0.329 e. The molecule has 1 N–H and O–H groups in total. The van der Waals surface area contributed by atoms with Crippen LogP contribution in [0.1, 0.15) is 21.5 Å². The van der Waals surface area contributed by atoms with E-state index in [9.17, 15) is 9.59 Å². The predicted molar refractivity (Wildman–Crippen MR) is 109 cm³/mol. The summed E-state index contributed by atoms with van der Waals surface area (Å²) in [6.45, 7) is 0.114. The zero-order valence-electron chi connectivity index (χ0n) is 15.2. The molecule has 1 amide bonds. The standard InChI is InChI=1S/C23H20ClNO3/c24-20-13-11-18(12-14-20)16-28-23(27)21(15-17-7-3-1-4-8-17)25-22(26)19-9-5-2-6-10-19/h1-14,21H,15-16H2,(H,25,26)/t21-/m0/s1. The van der Waals surface area contributed by atoms with Gasteiger partial charge in [-0.05, 0) is 35.4 Å². The molecule has 0 heterocycles. The Hall–Kier alpha value is -3.11. The number of rotatable bonds is 7. The van der Waals surface area contributed by atoms with Gasteiger partial charge in [0.1, 0.15) is 12.6 Å². The number of hydrogen-bond donors (Lipinski definition) is 1. The number of halogens is 1. The van der Waals surface area contributed by atoms with Gasteiger partial charge in [-0.15, -0.1) is 0 Å². The number of carbonyl (C=O) groups excluding carboxylic acids is 2. The van der Waals surface area contributed by atoms with Crippen molar-refractivity contribution in [1.82, 2.24) is 5.32 Å². The maximum Gasteiger partial charge on any atom is 0.329 e. The minimum atomic E-state index is -0.789. The van der Waals surface area contributed by atoms with Gasteiger partial charge in [-0.3, -0.25) is 4.79 Å². The molecule has 28 heavy (non-hydrogen) atoms. The van der Waals surface area contributed by atoms with Crippen LogP contribution >= 0.6 is 11.6 Å². The van der Waals surface area contributed by atoms with Crippen molar-refractivity contribution in [2.75, 3.05) is 0 Å². The molecule has 142 valence electrons. The molecule has 0 bridgehead atoms. The highest BCUT2D eigenvalue weighted by atomic mass is 35.5. The lowest BCUT2D eigenvalue weighted by atomic mass is 10.1. The Morgan fingerprint density at radius 3 is 2.07 bits per heavy atom. The van der Waals surface area contributed by atoms with Crippen molar-refractivity contribution in [2.24, 2.45) is 0 Å². The molecule has 3 aromatic rings. The summed E-state index contributed by atoms with van der Waals surface area (Å²) in [4.78, 5) is 25.2. The highest BCUT2D eigenvalue weighted by Gasteiger charge is 2.23. The minimum absolute atomic E-state index is 0.114. The summed E-state index contributed by atoms with van der Waals surface area (Å²) in [5.74, 6) is -0.798. The summed E-state index contributed by atoms with van der Waals surface area (Å²) >= 11 is 5.88. The Bertz CT molecular complexity index is 912. The molecule has 0 aliphatic rings. The van der Waals surface area contributed by atoms with Gasteiger partial charge < -0.3 is 10.1 Å². The van der Waals surface area contributed by atoms with E-state index in [0.717, 1.165) is 11.1 Å². The van der Waals surface area contributed by atoms with E-state index in [-0.39, 0.29) is 12.5 Å². The quantitative estimate of drug-likeness (QED) is 0.604. The Morgan fingerprint density at radius 1 is 0.821 bits per heavy atom. The maximum atomic E-state index is 12.7. The fourth-order valence-corrected chi connectivity index (χ4v) is 2.84. The molecule has 0 unspecified atom stereocenters. The zero-order chi connectivity index (χ0) is 19.8. The summed E-state index contributed by atoms with van der Waals surface area (Å²) in [7, 11) is 0. The van der Waals surface area contributed by atoms with Gasteiger partial charge in [0, 0.05) is 17.0 Å². The van der Waals surface area contributed by atoms with Crippen LogP contribution in [0.4, 0.5) is 0 Å². The Labute approximate surface area is 169 Å². The Morgan fingerprint density at radius 2 is 1.43 bits per heavy atom. The molecule has 0 saturated carbocycles. The molecule has 4 nitrogen and oxygen atoms in total. The van der Waals surface area contributed by atoms with Gasteiger partial charge in [-0.1, -0.05) is 72.3 Å². The minimum Gasteiger partial charge on any atom is -0.459 e. The first-order valence-electron chi connectivity index (χ1n) is 8.93. The first-order valence-corrected chi connectivity index (χ1v) is 9.30. The molecule has 1 atom stereocenters. The lowest BCUT2D eigenvalue weighted by molar-refractivity contribution is -0.147. The first-order chi connectivity index (χ1) is 13.6. The van der Waals surface area contributed by atoms with Crippen LogP contribution in [-0.2, 0) is 22.6 Å². The van der Waals surface area contributed by atoms with Crippen LogP contribution in [0, 0.1) is 0 Å². The number of benzene rings is 3. The van der Waals surface area contributed by atoms with Gasteiger partial charge in [-0.25, -0.2) is 4.79 Å². The van der Waals surface area contributed by atoms with E-state index in [1.54, 1.807) is 48.5 Å². The Kier molecular flexibility index (Phi) is 6.82. The van der Waals surface area contributed by atoms with Gasteiger partial charge in [0.05, 0.1) is 0 Å². The van der Waals surface area contributed by atoms with Gasteiger partial charge in [0.15, 0.2) is 0 Å². The van der Waals surface area contributed by atoms with Crippen molar-refractivity contribution in [2.45, 2.75) is 19.1 Å². The molecule has 0 aliphatic heterocycles. The fraction of sp³-hybridized carbons (Fsp3) is 0.130. The van der Waals surface area contributed by atoms with Crippen LogP contribution in [0.25, 0.3) is 0 Å². The van der Waals surface area contributed by atoms with E-state index in [4.69, 9.17) is 16.3 Å². The monoisotopic (exact) mass is 393 g/mol. The van der Waals surface area contributed by atoms with Crippen molar-refractivity contribution in [3.63, 3.8) is 0 Å². The molecule has 0 spiro atoms. The summed E-state index contributed by atoms with van der Waals surface area (Å²) in [5.41, 5.74) is 2.25. The first kappa shape index (κ1) is 19.6. The SMILES string of the molecule is O=C(N[C@@H](Cc1ccccc1)C(=O)OCc1ccc(Cl)cc1)c1ccccc1.